The summed E-state index contributed by atoms with van der Waals surface area (Å²) in [5.41, 5.74) is 5.10. The first-order valence-electron chi connectivity index (χ1n) is 7.09. The molecule has 1 heterocycles. The van der Waals surface area contributed by atoms with Crippen LogP contribution in [-0.4, -0.2) is 30.3 Å². The van der Waals surface area contributed by atoms with Gasteiger partial charge in [-0.2, -0.15) is 13.2 Å². The van der Waals surface area contributed by atoms with Crippen LogP contribution in [0, 0.1) is 0 Å². The van der Waals surface area contributed by atoms with E-state index in [2.05, 4.69) is 10.3 Å². The molecule has 7 heteroatoms. The summed E-state index contributed by atoms with van der Waals surface area (Å²) in [5, 5.41) is 2.84. The van der Waals surface area contributed by atoms with Crippen LogP contribution in [0.25, 0.3) is 0 Å². The van der Waals surface area contributed by atoms with E-state index in [1.54, 1.807) is 0 Å². The summed E-state index contributed by atoms with van der Waals surface area (Å²) in [7, 11) is 0. The number of nitrogens with two attached hydrogens (primary N) is 1. The lowest BCUT2D eigenvalue weighted by Crippen LogP contribution is -2.31. The summed E-state index contributed by atoms with van der Waals surface area (Å²) >= 11 is 0. The predicted molar refractivity (Wildman–Crippen MR) is 73.9 cm³/mol. The summed E-state index contributed by atoms with van der Waals surface area (Å²) in [5.74, 6) is 0.207. The number of nitrogens with one attached hydrogen (secondary N) is 1. The van der Waals surface area contributed by atoms with Crippen LogP contribution in [0.3, 0.4) is 0 Å². The van der Waals surface area contributed by atoms with E-state index in [4.69, 9.17) is 10.5 Å². The minimum atomic E-state index is -4.35. The minimum Gasteiger partial charge on any atom is -0.376 e. The third-order valence-corrected chi connectivity index (χ3v) is 3.57. The monoisotopic (exact) mass is 303 g/mol. The zero-order valence-corrected chi connectivity index (χ0v) is 11.7. The molecule has 1 aromatic heterocycles. The molecule has 0 aromatic carbocycles. The van der Waals surface area contributed by atoms with Crippen molar-refractivity contribution in [1.82, 2.24) is 4.98 Å². The van der Waals surface area contributed by atoms with Crippen LogP contribution in [0.2, 0.25) is 0 Å². The molecule has 0 radical (unpaired) electrons. The Labute approximate surface area is 121 Å². The highest BCUT2D eigenvalue weighted by molar-refractivity contribution is 5.38. The van der Waals surface area contributed by atoms with Gasteiger partial charge >= 0.3 is 6.18 Å². The fourth-order valence-electron chi connectivity index (χ4n) is 2.36. The second-order valence-electron chi connectivity index (χ2n) is 5.26. The van der Waals surface area contributed by atoms with Crippen LogP contribution in [0.1, 0.15) is 31.2 Å². The molecule has 0 aliphatic heterocycles. The molecular weight excluding hydrogens is 283 g/mol. The molecule has 0 bridgehead atoms. The van der Waals surface area contributed by atoms with E-state index in [-0.39, 0.29) is 18.0 Å². The summed E-state index contributed by atoms with van der Waals surface area (Å²) in [4.78, 5) is 3.86. The predicted octanol–water partition coefficient (Wildman–Crippen LogP) is 2.80. The van der Waals surface area contributed by atoms with Gasteiger partial charge in [0.25, 0.3) is 0 Å². The van der Waals surface area contributed by atoms with Crippen LogP contribution < -0.4 is 11.1 Å². The lowest BCUT2D eigenvalue weighted by atomic mass is 9.94. The maximum atomic E-state index is 12.5. The van der Waals surface area contributed by atoms with Crippen molar-refractivity contribution < 1.29 is 17.9 Å². The molecule has 0 unspecified atom stereocenters. The van der Waals surface area contributed by atoms with Crippen molar-refractivity contribution in [3.63, 3.8) is 0 Å². The van der Waals surface area contributed by atoms with E-state index in [1.807, 2.05) is 0 Å². The number of nitrogens with zero attached hydrogens (tertiary/aromatic N) is 1. The molecule has 0 saturated heterocycles. The van der Waals surface area contributed by atoms with Gasteiger partial charge in [-0.05, 0) is 37.8 Å². The van der Waals surface area contributed by atoms with E-state index < -0.39 is 11.7 Å². The Morgan fingerprint density at radius 2 is 2.00 bits per heavy atom. The molecule has 0 atom stereocenters. The Bertz CT molecular complexity index is 445. The number of hydrogen-bond donors (Lipinski definition) is 2. The zero-order valence-electron chi connectivity index (χ0n) is 11.7. The van der Waals surface area contributed by atoms with E-state index in [0.717, 1.165) is 44.0 Å². The topological polar surface area (TPSA) is 60.2 Å². The third-order valence-electron chi connectivity index (χ3n) is 3.57. The van der Waals surface area contributed by atoms with Gasteiger partial charge in [0.15, 0.2) is 0 Å². The van der Waals surface area contributed by atoms with Crippen molar-refractivity contribution in [1.29, 1.82) is 0 Å². The van der Waals surface area contributed by atoms with Crippen LogP contribution >= 0.6 is 0 Å². The summed E-state index contributed by atoms with van der Waals surface area (Å²) in [6.07, 6.45) is 0.832. The van der Waals surface area contributed by atoms with E-state index in [9.17, 15) is 13.2 Å². The Kier molecular flexibility index (Phi) is 5.41. The standard InChI is InChI=1S/C14H20F3N3O/c15-14(16,17)10-5-6-19-13(9-10)20-7-8-21-12-3-1-11(18)2-4-12/h5-6,9,11-12H,1-4,7-8,18H2,(H,19,20). The third kappa shape index (κ3) is 5.17. The molecular formula is C14H20F3N3O. The van der Waals surface area contributed by atoms with Gasteiger partial charge < -0.3 is 15.8 Å². The number of halogens is 3. The molecule has 4 nitrogen and oxygen atoms in total. The van der Waals surface area contributed by atoms with Gasteiger partial charge in [0.05, 0.1) is 18.3 Å². The highest BCUT2D eigenvalue weighted by Gasteiger charge is 2.30. The maximum absolute atomic E-state index is 12.5. The zero-order chi connectivity index (χ0) is 15.3. The Balaban J connectivity index is 1.71. The van der Waals surface area contributed by atoms with E-state index >= 15 is 0 Å². The molecule has 1 aliphatic carbocycles. The average Bonchev–Trinajstić information content (AvgIpc) is 2.45. The SMILES string of the molecule is NC1CCC(OCCNc2cc(C(F)(F)F)ccn2)CC1. The van der Waals surface area contributed by atoms with Gasteiger partial charge in [0.1, 0.15) is 5.82 Å². The highest BCUT2D eigenvalue weighted by atomic mass is 19.4. The van der Waals surface area contributed by atoms with Gasteiger partial charge in [-0.1, -0.05) is 0 Å². The molecule has 118 valence electrons. The van der Waals surface area contributed by atoms with Gasteiger partial charge in [-0.25, -0.2) is 4.98 Å². The van der Waals surface area contributed by atoms with Crippen LogP contribution in [0.4, 0.5) is 19.0 Å². The van der Waals surface area contributed by atoms with Crippen LogP contribution in [0.5, 0.6) is 0 Å². The first-order valence-corrected chi connectivity index (χ1v) is 7.09. The average molecular weight is 303 g/mol. The van der Waals surface area contributed by atoms with Crippen molar-refractivity contribution in [2.75, 3.05) is 18.5 Å². The number of rotatable bonds is 5. The van der Waals surface area contributed by atoms with Crippen molar-refractivity contribution in [2.45, 2.75) is 44.0 Å². The molecule has 1 fully saturated rings. The summed E-state index contributed by atoms with van der Waals surface area (Å²) in [6, 6.07) is 2.23. The Hall–Kier alpha value is -1.34. The van der Waals surface area contributed by atoms with E-state index in [1.165, 1.54) is 0 Å². The van der Waals surface area contributed by atoms with Crippen LogP contribution in [0.15, 0.2) is 18.3 Å². The summed E-state index contributed by atoms with van der Waals surface area (Å²) in [6.45, 7) is 0.870. The second kappa shape index (κ2) is 7.09. The number of alkyl halides is 3. The first-order chi connectivity index (χ1) is 9.95. The fourth-order valence-corrected chi connectivity index (χ4v) is 2.36. The second-order valence-corrected chi connectivity index (χ2v) is 5.26. The quantitative estimate of drug-likeness (QED) is 0.821. The number of ether oxygens (including phenoxy) is 1. The molecule has 1 aliphatic rings. The lowest BCUT2D eigenvalue weighted by molar-refractivity contribution is -0.137. The maximum Gasteiger partial charge on any atom is 0.416 e. The lowest BCUT2D eigenvalue weighted by Gasteiger charge is -2.26. The molecule has 1 aromatic rings. The van der Waals surface area contributed by atoms with Crippen molar-refractivity contribution in [3.8, 4) is 0 Å². The molecule has 1 saturated carbocycles. The number of anilines is 1. The van der Waals surface area contributed by atoms with Crippen molar-refractivity contribution in [3.05, 3.63) is 23.9 Å². The van der Waals surface area contributed by atoms with E-state index in [0.29, 0.717) is 13.2 Å². The highest BCUT2D eigenvalue weighted by Crippen LogP contribution is 2.29. The summed E-state index contributed by atoms with van der Waals surface area (Å²) < 4.78 is 43.3. The molecule has 2 rings (SSSR count). The normalized spacial score (nSPS) is 23.0. The van der Waals surface area contributed by atoms with Gasteiger partial charge in [-0.15, -0.1) is 0 Å². The smallest absolute Gasteiger partial charge is 0.376 e. The van der Waals surface area contributed by atoms with Crippen molar-refractivity contribution >= 4 is 5.82 Å². The van der Waals surface area contributed by atoms with Gasteiger partial charge in [0.2, 0.25) is 0 Å². The number of aromatic nitrogens is 1. The number of pyridine rings is 1. The molecule has 3 N–H and O–H groups in total. The van der Waals surface area contributed by atoms with Crippen molar-refractivity contribution in [2.24, 2.45) is 5.73 Å². The fraction of sp³-hybridized carbons (Fsp3) is 0.643. The first kappa shape index (κ1) is 16.0. The Morgan fingerprint density at radius 3 is 2.67 bits per heavy atom. The van der Waals surface area contributed by atoms with Gasteiger partial charge in [0, 0.05) is 18.8 Å². The van der Waals surface area contributed by atoms with Gasteiger partial charge in [-0.3, -0.25) is 0 Å². The molecule has 0 amide bonds. The molecule has 0 spiro atoms. The Morgan fingerprint density at radius 1 is 1.29 bits per heavy atom. The van der Waals surface area contributed by atoms with Crippen LogP contribution in [-0.2, 0) is 10.9 Å². The largest absolute Gasteiger partial charge is 0.416 e. The minimum absolute atomic E-state index is 0.207. The number of hydrogen-bond acceptors (Lipinski definition) is 4. The molecule has 21 heavy (non-hydrogen) atoms.